The van der Waals surface area contributed by atoms with Crippen LogP contribution in [0.15, 0.2) is 35.5 Å². The molecule has 3 aromatic rings. The SMILES string of the molecule is Cc1c(Cn2cnc3c(C(F)(F)F)cccc3c2=O)cnn1C. The first-order valence-corrected chi connectivity index (χ1v) is 6.82. The molecule has 0 aliphatic carbocycles. The average molecular weight is 322 g/mol. The van der Waals surface area contributed by atoms with E-state index >= 15 is 0 Å². The highest BCUT2D eigenvalue weighted by Crippen LogP contribution is 2.32. The zero-order valence-corrected chi connectivity index (χ0v) is 12.4. The van der Waals surface area contributed by atoms with Crippen molar-refractivity contribution >= 4 is 10.9 Å². The number of nitrogens with zero attached hydrogens (tertiary/aromatic N) is 4. The zero-order chi connectivity index (χ0) is 16.8. The smallest absolute Gasteiger partial charge is 0.294 e. The monoisotopic (exact) mass is 322 g/mol. The van der Waals surface area contributed by atoms with Gasteiger partial charge in [0.1, 0.15) is 0 Å². The molecule has 0 amide bonds. The van der Waals surface area contributed by atoms with Crippen LogP contribution >= 0.6 is 0 Å². The van der Waals surface area contributed by atoms with E-state index in [0.717, 1.165) is 23.7 Å². The van der Waals surface area contributed by atoms with Gasteiger partial charge in [-0.1, -0.05) is 6.07 Å². The number of aryl methyl sites for hydroxylation is 1. The van der Waals surface area contributed by atoms with Gasteiger partial charge in [-0.15, -0.1) is 0 Å². The Kier molecular flexibility index (Phi) is 3.46. The first kappa shape index (κ1) is 15.3. The van der Waals surface area contributed by atoms with E-state index in [0.29, 0.717) is 0 Å². The van der Waals surface area contributed by atoms with Crippen molar-refractivity contribution in [3.63, 3.8) is 0 Å². The molecule has 0 aliphatic rings. The van der Waals surface area contributed by atoms with Gasteiger partial charge in [0, 0.05) is 18.3 Å². The highest BCUT2D eigenvalue weighted by Gasteiger charge is 2.33. The van der Waals surface area contributed by atoms with Gasteiger partial charge in [-0.2, -0.15) is 18.3 Å². The highest BCUT2D eigenvalue weighted by atomic mass is 19.4. The zero-order valence-electron chi connectivity index (χ0n) is 12.4. The molecule has 0 saturated heterocycles. The van der Waals surface area contributed by atoms with Crippen molar-refractivity contribution in [1.29, 1.82) is 0 Å². The van der Waals surface area contributed by atoms with Crippen molar-refractivity contribution in [3.05, 3.63) is 57.9 Å². The number of alkyl halides is 3. The van der Waals surface area contributed by atoms with E-state index in [4.69, 9.17) is 0 Å². The second-order valence-corrected chi connectivity index (χ2v) is 5.26. The van der Waals surface area contributed by atoms with Crippen molar-refractivity contribution < 1.29 is 13.2 Å². The molecule has 0 N–H and O–H groups in total. The molecular formula is C15H13F3N4O. The molecule has 2 heterocycles. The Labute approximate surface area is 129 Å². The summed E-state index contributed by atoms with van der Waals surface area (Å²) < 4.78 is 41.9. The number of hydrogen-bond acceptors (Lipinski definition) is 3. The van der Waals surface area contributed by atoms with Crippen LogP contribution in [0.5, 0.6) is 0 Å². The molecule has 0 bridgehead atoms. The molecule has 2 aromatic heterocycles. The Morgan fingerprint density at radius 3 is 2.61 bits per heavy atom. The lowest BCUT2D eigenvalue weighted by molar-refractivity contribution is -0.136. The maximum atomic E-state index is 13.0. The normalized spacial score (nSPS) is 12.0. The van der Waals surface area contributed by atoms with Gasteiger partial charge < -0.3 is 0 Å². The van der Waals surface area contributed by atoms with Gasteiger partial charge in [0.2, 0.25) is 0 Å². The first-order valence-electron chi connectivity index (χ1n) is 6.82. The van der Waals surface area contributed by atoms with Crippen LogP contribution in [0.3, 0.4) is 0 Å². The minimum Gasteiger partial charge on any atom is -0.294 e. The van der Waals surface area contributed by atoms with E-state index < -0.39 is 17.3 Å². The Hall–Kier alpha value is -2.64. The number of rotatable bonds is 2. The van der Waals surface area contributed by atoms with Gasteiger partial charge >= 0.3 is 6.18 Å². The van der Waals surface area contributed by atoms with Gasteiger partial charge in [-0.05, 0) is 19.1 Å². The third kappa shape index (κ3) is 2.60. The van der Waals surface area contributed by atoms with Crippen LogP contribution in [0, 0.1) is 6.92 Å². The van der Waals surface area contributed by atoms with Crippen LogP contribution in [0.4, 0.5) is 13.2 Å². The van der Waals surface area contributed by atoms with Crippen molar-refractivity contribution in [3.8, 4) is 0 Å². The summed E-state index contributed by atoms with van der Waals surface area (Å²) in [6.07, 6.45) is -1.78. The minimum atomic E-state index is -4.55. The Balaban J connectivity index is 2.13. The Morgan fingerprint density at radius 2 is 2.00 bits per heavy atom. The summed E-state index contributed by atoms with van der Waals surface area (Å²) >= 11 is 0. The predicted molar refractivity (Wildman–Crippen MR) is 78.1 cm³/mol. The summed E-state index contributed by atoms with van der Waals surface area (Å²) in [6, 6.07) is 3.49. The van der Waals surface area contributed by atoms with Crippen LogP contribution in [0.25, 0.3) is 10.9 Å². The van der Waals surface area contributed by atoms with E-state index in [1.807, 2.05) is 6.92 Å². The minimum absolute atomic E-state index is 0.0520. The number of benzene rings is 1. The van der Waals surface area contributed by atoms with E-state index in [1.165, 1.54) is 16.7 Å². The maximum Gasteiger partial charge on any atom is 0.418 e. The second-order valence-electron chi connectivity index (χ2n) is 5.26. The molecule has 0 radical (unpaired) electrons. The molecule has 5 nitrogen and oxygen atoms in total. The second kappa shape index (κ2) is 5.22. The summed E-state index contributed by atoms with van der Waals surface area (Å²) in [5.74, 6) is 0. The van der Waals surface area contributed by atoms with E-state index in [9.17, 15) is 18.0 Å². The molecule has 1 aromatic carbocycles. The van der Waals surface area contributed by atoms with Crippen molar-refractivity contribution in [2.24, 2.45) is 7.05 Å². The van der Waals surface area contributed by atoms with Gasteiger partial charge in [0.25, 0.3) is 5.56 Å². The lowest BCUT2D eigenvalue weighted by Crippen LogP contribution is -2.22. The standard InChI is InChI=1S/C15H13F3N4O/c1-9-10(6-20-21(9)2)7-22-8-19-13-11(14(22)23)4-3-5-12(13)15(16,17)18/h3-6,8H,7H2,1-2H3. The number of aromatic nitrogens is 4. The fraction of sp³-hybridized carbons (Fsp3) is 0.267. The molecule has 0 atom stereocenters. The van der Waals surface area contributed by atoms with Gasteiger partial charge in [-0.25, -0.2) is 4.98 Å². The lowest BCUT2D eigenvalue weighted by atomic mass is 10.1. The molecule has 0 aliphatic heterocycles. The quantitative estimate of drug-likeness (QED) is 0.728. The van der Waals surface area contributed by atoms with E-state index in [-0.39, 0.29) is 17.4 Å². The fourth-order valence-corrected chi connectivity index (χ4v) is 2.41. The molecule has 0 fully saturated rings. The topological polar surface area (TPSA) is 52.7 Å². The molecule has 0 unspecified atom stereocenters. The van der Waals surface area contributed by atoms with Crippen LogP contribution < -0.4 is 5.56 Å². The number of halogens is 3. The fourth-order valence-electron chi connectivity index (χ4n) is 2.41. The largest absolute Gasteiger partial charge is 0.418 e. The molecule has 8 heteroatoms. The maximum absolute atomic E-state index is 13.0. The summed E-state index contributed by atoms with van der Waals surface area (Å²) in [5.41, 5.74) is -0.0610. The average Bonchev–Trinajstić information content (AvgIpc) is 2.80. The van der Waals surface area contributed by atoms with Gasteiger partial charge in [0.15, 0.2) is 0 Å². The summed E-state index contributed by atoms with van der Waals surface area (Å²) in [6.45, 7) is 2.06. The molecule has 0 saturated carbocycles. The van der Waals surface area contributed by atoms with Crippen molar-refractivity contribution in [1.82, 2.24) is 19.3 Å². The highest BCUT2D eigenvalue weighted by molar-refractivity contribution is 5.81. The van der Waals surface area contributed by atoms with Crippen LogP contribution in [0.2, 0.25) is 0 Å². The number of hydrogen-bond donors (Lipinski definition) is 0. The van der Waals surface area contributed by atoms with Crippen molar-refractivity contribution in [2.75, 3.05) is 0 Å². The van der Waals surface area contributed by atoms with E-state index in [2.05, 4.69) is 10.1 Å². The van der Waals surface area contributed by atoms with Crippen LogP contribution in [-0.2, 0) is 19.8 Å². The van der Waals surface area contributed by atoms with Gasteiger partial charge in [0.05, 0.1) is 35.5 Å². The summed E-state index contributed by atoms with van der Waals surface area (Å²) in [5, 5.41) is 4.03. The first-order chi connectivity index (χ1) is 10.8. The van der Waals surface area contributed by atoms with Crippen LogP contribution in [-0.4, -0.2) is 19.3 Å². The number of fused-ring (bicyclic) bond motifs is 1. The van der Waals surface area contributed by atoms with Gasteiger partial charge in [-0.3, -0.25) is 14.0 Å². The third-order valence-electron chi connectivity index (χ3n) is 3.84. The predicted octanol–water partition coefficient (Wildman–Crippen LogP) is 2.51. The summed E-state index contributed by atoms with van der Waals surface area (Å²) in [7, 11) is 1.77. The molecule has 0 spiro atoms. The lowest BCUT2D eigenvalue weighted by Gasteiger charge is -2.11. The molecule has 120 valence electrons. The molecule has 3 rings (SSSR count). The third-order valence-corrected chi connectivity index (χ3v) is 3.84. The Bertz CT molecular complexity index is 940. The van der Waals surface area contributed by atoms with Crippen molar-refractivity contribution in [2.45, 2.75) is 19.6 Å². The Morgan fingerprint density at radius 1 is 1.26 bits per heavy atom. The van der Waals surface area contributed by atoms with E-state index in [1.54, 1.807) is 17.9 Å². The molecular weight excluding hydrogens is 309 g/mol. The van der Waals surface area contributed by atoms with Crippen LogP contribution in [0.1, 0.15) is 16.8 Å². The summed E-state index contributed by atoms with van der Waals surface area (Å²) in [4.78, 5) is 16.3. The number of para-hydroxylation sites is 1. The molecule has 23 heavy (non-hydrogen) atoms.